The van der Waals surface area contributed by atoms with Crippen LogP contribution < -0.4 is 4.74 Å². The molecule has 0 aliphatic carbocycles. The monoisotopic (exact) mass is 253 g/mol. The molecule has 0 fully saturated rings. The third-order valence-electron chi connectivity index (χ3n) is 2.60. The number of nitrogens with zero attached hydrogens (tertiary/aromatic N) is 1. The van der Waals surface area contributed by atoms with Gasteiger partial charge in [0.2, 0.25) is 0 Å². The van der Waals surface area contributed by atoms with E-state index in [4.69, 9.17) is 9.47 Å². The van der Waals surface area contributed by atoms with Crippen LogP contribution in [0.15, 0.2) is 18.5 Å². The van der Waals surface area contributed by atoms with Gasteiger partial charge in [0.25, 0.3) is 0 Å². The molecule has 0 aliphatic heterocycles. The third kappa shape index (κ3) is 3.96. The minimum Gasteiger partial charge on any atom is -0.489 e. The Hall–Kier alpha value is -1.13. The summed E-state index contributed by atoms with van der Waals surface area (Å²) < 4.78 is 11.1. The summed E-state index contributed by atoms with van der Waals surface area (Å²) in [5.41, 5.74) is 0.0546. The second kappa shape index (κ2) is 6.16. The zero-order chi connectivity index (χ0) is 13.8. The van der Waals surface area contributed by atoms with Gasteiger partial charge in [-0.1, -0.05) is 0 Å². The van der Waals surface area contributed by atoms with E-state index in [1.54, 1.807) is 18.5 Å². The number of aliphatic hydroxyl groups excluding tert-OH is 1. The molecule has 1 heterocycles. The molecule has 102 valence electrons. The zero-order valence-electron chi connectivity index (χ0n) is 11.8. The van der Waals surface area contributed by atoms with Crippen molar-refractivity contribution in [1.29, 1.82) is 0 Å². The van der Waals surface area contributed by atoms with Crippen molar-refractivity contribution in [2.45, 2.75) is 52.4 Å². The molecule has 0 bridgehead atoms. The van der Waals surface area contributed by atoms with Crippen LogP contribution in [0.25, 0.3) is 0 Å². The van der Waals surface area contributed by atoms with Gasteiger partial charge in [-0.2, -0.15) is 0 Å². The van der Waals surface area contributed by atoms with Crippen molar-refractivity contribution in [2.24, 2.45) is 0 Å². The molecule has 4 heteroatoms. The van der Waals surface area contributed by atoms with Crippen molar-refractivity contribution in [1.82, 2.24) is 4.98 Å². The Morgan fingerprint density at radius 3 is 2.56 bits per heavy atom. The van der Waals surface area contributed by atoms with E-state index < -0.39 is 11.7 Å². The van der Waals surface area contributed by atoms with Gasteiger partial charge >= 0.3 is 0 Å². The highest BCUT2D eigenvalue weighted by Crippen LogP contribution is 2.30. The smallest absolute Gasteiger partial charge is 0.138 e. The summed E-state index contributed by atoms with van der Waals surface area (Å²) >= 11 is 0. The molecule has 4 nitrogen and oxygen atoms in total. The first-order chi connectivity index (χ1) is 8.36. The van der Waals surface area contributed by atoms with Crippen molar-refractivity contribution in [3.8, 4) is 5.75 Å². The average molecular weight is 253 g/mol. The summed E-state index contributed by atoms with van der Waals surface area (Å²) in [5, 5.41) is 10.3. The Bertz CT molecular complexity index is 377. The first kappa shape index (κ1) is 14.9. The van der Waals surface area contributed by atoms with Crippen LogP contribution >= 0.6 is 0 Å². The molecular weight excluding hydrogens is 230 g/mol. The lowest BCUT2D eigenvalue weighted by molar-refractivity contribution is -0.0985. The Labute approximate surface area is 109 Å². The number of pyridine rings is 1. The van der Waals surface area contributed by atoms with E-state index in [-0.39, 0.29) is 6.10 Å². The number of aliphatic hydroxyl groups is 1. The second-order valence-corrected chi connectivity index (χ2v) is 5.06. The third-order valence-corrected chi connectivity index (χ3v) is 2.60. The molecule has 0 saturated carbocycles. The number of ether oxygens (including phenoxy) is 2. The van der Waals surface area contributed by atoms with Crippen LogP contribution in [0.2, 0.25) is 0 Å². The zero-order valence-corrected chi connectivity index (χ0v) is 11.8. The predicted octanol–water partition coefficient (Wildman–Crippen LogP) is 2.72. The summed E-state index contributed by atoms with van der Waals surface area (Å²) in [5.74, 6) is 0.661. The molecule has 0 amide bonds. The van der Waals surface area contributed by atoms with E-state index in [0.717, 1.165) is 0 Å². The summed E-state index contributed by atoms with van der Waals surface area (Å²) in [7, 11) is 0. The van der Waals surface area contributed by atoms with Gasteiger partial charge in [0.05, 0.1) is 17.9 Å². The Morgan fingerprint density at radius 2 is 2.00 bits per heavy atom. The molecule has 1 N–H and O–H groups in total. The fraction of sp³-hybridized carbons (Fsp3) is 0.643. The molecule has 1 rings (SSSR count). The maximum Gasteiger partial charge on any atom is 0.138 e. The van der Waals surface area contributed by atoms with Crippen molar-refractivity contribution >= 4 is 0 Å². The summed E-state index contributed by atoms with van der Waals surface area (Å²) in [6.45, 7) is 10.1. The highest BCUT2D eigenvalue weighted by molar-refractivity contribution is 5.26. The second-order valence-electron chi connectivity index (χ2n) is 5.06. The lowest BCUT2D eigenvalue weighted by Gasteiger charge is -2.30. The molecule has 0 aliphatic rings. The molecule has 1 aromatic heterocycles. The van der Waals surface area contributed by atoms with Gasteiger partial charge < -0.3 is 14.6 Å². The normalized spacial score (nSPS) is 13.7. The molecule has 0 aromatic carbocycles. The number of rotatable bonds is 6. The lowest BCUT2D eigenvalue weighted by atomic mass is 9.95. The van der Waals surface area contributed by atoms with Crippen LogP contribution in [0.4, 0.5) is 0 Å². The van der Waals surface area contributed by atoms with Gasteiger partial charge in [0.15, 0.2) is 0 Å². The van der Waals surface area contributed by atoms with Crippen LogP contribution in [-0.4, -0.2) is 28.4 Å². The molecular formula is C14H23NO3. The SMILES string of the molecule is CCOC(C)(C)C(O)c1cncc(OC(C)C)c1. The summed E-state index contributed by atoms with van der Waals surface area (Å²) in [6, 6.07) is 1.80. The van der Waals surface area contributed by atoms with Crippen molar-refractivity contribution in [3.63, 3.8) is 0 Å². The number of hydrogen-bond donors (Lipinski definition) is 1. The van der Waals surface area contributed by atoms with Crippen LogP contribution in [0.3, 0.4) is 0 Å². The van der Waals surface area contributed by atoms with Gasteiger partial charge in [0.1, 0.15) is 11.9 Å². The van der Waals surface area contributed by atoms with Crippen LogP contribution in [0.5, 0.6) is 5.75 Å². The van der Waals surface area contributed by atoms with Crippen molar-refractivity contribution in [3.05, 3.63) is 24.0 Å². The first-order valence-corrected chi connectivity index (χ1v) is 6.30. The van der Waals surface area contributed by atoms with Crippen LogP contribution in [0, 0.1) is 0 Å². The van der Waals surface area contributed by atoms with Gasteiger partial charge in [-0.05, 0) is 40.7 Å². The lowest BCUT2D eigenvalue weighted by Crippen LogP contribution is -2.32. The predicted molar refractivity (Wildman–Crippen MR) is 70.7 cm³/mol. The maximum atomic E-state index is 10.3. The van der Waals surface area contributed by atoms with E-state index in [1.807, 2.05) is 34.6 Å². The highest BCUT2D eigenvalue weighted by atomic mass is 16.5. The molecule has 1 aromatic rings. The summed E-state index contributed by atoms with van der Waals surface area (Å²) in [6.07, 6.45) is 2.63. The fourth-order valence-electron chi connectivity index (χ4n) is 1.77. The van der Waals surface area contributed by atoms with Gasteiger partial charge in [-0.15, -0.1) is 0 Å². The molecule has 0 radical (unpaired) electrons. The minimum atomic E-state index is -0.735. The largest absolute Gasteiger partial charge is 0.489 e. The van der Waals surface area contributed by atoms with Crippen molar-refractivity contribution < 1.29 is 14.6 Å². The minimum absolute atomic E-state index is 0.0825. The summed E-state index contributed by atoms with van der Waals surface area (Å²) in [4.78, 5) is 4.09. The first-order valence-electron chi connectivity index (χ1n) is 6.30. The topological polar surface area (TPSA) is 51.6 Å². The number of hydrogen-bond acceptors (Lipinski definition) is 4. The Kier molecular flexibility index (Phi) is 5.11. The van der Waals surface area contributed by atoms with Crippen LogP contribution in [-0.2, 0) is 4.74 Å². The van der Waals surface area contributed by atoms with Crippen molar-refractivity contribution in [2.75, 3.05) is 6.61 Å². The van der Waals surface area contributed by atoms with Gasteiger partial charge in [0, 0.05) is 18.4 Å². The van der Waals surface area contributed by atoms with Gasteiger partial charge in [-0.25, -0.2) is 0 Å². The highest BCUT2D eigenvalue weighted by Gasteiger charge is 2.30. The fourth-order valence-corrected chi connectivity index (χ4v) is 1.77. The van der Waals surface area contributed by atoms with E-state index in [9.17, 15) is 5.11 Å². The van der Waals surface area contributed by atoms with E-state index in [0.29, 0.717) is 17.9 Å². The van der Waals surface area contributed by atoms with Gasteiger partial charge in [-0.3, -0.25) is 4.98 Å². The molecule has 0 saturated heterocycles. The molecule has 1 atom stereocenters. The Balaban J connectivity index is 2.88. The molecule has 18 heavy (non-hydrogen) atoms. The van der Waals surface area contributed by atoms with E-state index in [2.05, 4.69) is 4.98 Å². The van der Waals surface area contributed by atoms with E-state index >= 15 is 0 Å². The van der Waals surface area contributed by atoms with Crippen LogP contribution in [0.1, 0.15) is 46.3 Å². The molecule has 0 spiro atoms. The Morgan fingerprint density at radius 1 is 1.33 bits per heavy atom. The maximum absolute atomic E-state index is 10.3. The standard InChI is InChI=1S/C14H23NO3/c1-6-17-14(4,5)13(16)11-7-12(9-15-8-11)18-10(2)3/h7-10,13,16H,6H2,1-5H3. The average Bonchev–Trinajstić information content (AvgIpc) is 2.27. The van der Waals surface area contributed by atoms with E-state index in [1.165, 1.54) is 0 Å². The number of aromatic nitrogens is 1. The quantitative estimate of drug-likeness (QED) is 0.847. The molecule has 1 unspecified atom stereocenters.